The highest BCUT2D eigenvalue weighted by molar-refractivity contribution is 6.29. The lowest BCUT2D eigenvalue weighted by Gasteiger charge is -2.28. The number of carbonyl (C=O) groups excluding carboxylic acids is 1. The molecule has 0 aromatic carbocycles. The summed E-state index contributed by atoms with van der Waals surface area (Å²) in [6, 6.07) is 3.86. The molecule has 124 valence electrons. The summed E-state index contributed by atoms with van der Waals surface area (Å²) in [5.74, 6) is 0. The van der Waals surface area contributed by atoms with Gasteiger partial charge in [0, 0.05) is 24.7 Å². The molecule has 23 heavy (non-hydrogen) atoms. The summed E-state index contributed by atoms with van der Waals surface area (Å²) >= 11 is 5.87. The SMILES string of the molecule is CC(C)(C)OC(=O)N1CCCC1Cn1ccc2cc(Cl)nnc21. The normalized spacial score (nSPS) is 18.6. The average molecular weight is 337 g/mol. The first-order chi connectivity index (χ1) is 10.8. The maximum atomic E-state index is 12.4. The molecule has 3 rings (SSSR count). The molecule has 1 aliphatic rings. The number of ether oxygens (including phenoxy) is 1. The first kappa shape index (κ1) is 16.1. The second kappa shape index (κ2) is 6.00. The van der Waals surface area contributed by atoms with E-state index < -0.39 is 5.60 Å². The predicted octanol–water partition coefficient (Wildman–Crippen LogP) is 3.48. The van der Waals surface area contributed by atoms with Gasteiger partial charge in [-0.2, -0.15) is 0 Å². The zero-order valence-corrected chi connectivity index (χ0v) is 14.4. The van der Waals surface area contributed by atoms with Crippen LogP contribution in [0.3, 0.4) is 0 Å². The van der Waals surface area contributed by atoms with Crippen LogP contribution in [0.2, 0.25) is 5.15 Å². The summed E-state index contributed by atoms with van der Waals surface area (Å²) in [4.78, 5) is 14.2. The molecule has 1 amide bonds. The summed E-state index contributed by atoms with van der Waals surface area (Å²) in [6.45, 7) is 7.06. The Morgan fingerprint density at radius 1 is 1.43 bits per heavy atom. The van der Waals surface area contributed by atoms with Crippen molar-refractivity contribution >= 4 is 28.7 Å². The quantitative estimate of drug-likeness (QED) is 0.842. The largest absolute Gasteiger partial charge is 0.444 e. The maximum Gasteiger partial charge on any atom is 0.410 e. The van der Waals surface area contributed by atoms with E-state index in [9.17, 15) is 4.79 Å². The fourth-order valence-electron chi connectivity index (χ4n) is 2.92. The second-order valence-electron chi connectivity index (χ2n) is 6.88. The third-order valence-electron chi connectivity index (χ3n) is 3.89. The zero-order valence-electron chi connectivity index (χ0n) is 13.6. The van der Waals surface area contributed by atoms with Gasteiger partial charge in [-0.25, -0.2) is 4.79 Å². The summed E-state index contributed by atoms with van der Waals surface area (Å²) < 4.78 is 7.53. The van der Waals surface area contributed by atoms with E-state index in [-0.39, 0.29) is 12.1 Å². The van der Waals surface area contributed by atoms with E-state index in [1.54, 1.807) is 6.07 Å². The minimum Gasteiger partial charge on any atom is -0.444 e. The molecule has 0 spiro atoms. The molecule has 2 aromatic rings. The fraction of sp³-hybridized carbons (Fsp3) is 0.562. The van der Waals surface area contributed by atoms with Gasteiger partial charge in [-0.3, -0.25) is 0 Å². The van der Waals surface area contributed by atoms with E-state index in [0.717, 1.165) is 30.4 Å². The summed E-state index contributed by atoms with van der Waals surface area (Å²) in [5.41, 5.74) is 0.303. The standard InChI is InChI=1S/C16H21ClN4O2/c1-16(2,3)23-15(22)21-7-4-5-12(21)10-20-8-6-11-9-13(17)18-19-14(11)20/h6,8-9,12H,4-5,7,10H2,1-3H3. The number of halogens is 1. The van der Waals surface area contributed by atoms with Crippen LogP contribution in [0.1, 0.15) is 33.6 Å². The summed E-state index contributed by atoms with van der Waals surface area (Å²) in [5, 5.41) is 9.40. The van der Waals surface area contributed by atoms with Crippen molar-refractivity contribution in [3.63, 3.8) is 0 Å². The van der Waals surface area contributed by atoms with Gasteiger partial charge < -0.3 is 14.2 Å². The van der Waals surface area contributed by atoms with Crippen molar-refractivity contribution in [1.29, 1.82) is 0 Å². The fourth-order valence-corrected chi connectivity index (χ4v) is 3.08. The van der Waals surface area contributed by atoms with Crippen molar-refractivity contribution in [2.45, 2.75) is 51.8 Å². The van der Waals surface area contributed by atoms with Crippen LogP contribution in [0, 0.1) is 0 Å². The van der Waals surface area contributed by atoms with Crippen molar-refractivity contribution in [3.05, 3.63) is 23.5 Å². The molecule has 1 unspecified atom stereocenters. The van der Waals surface area contributed by atoms with Crippen LogP contribution in [-0.2, 0) is 11.3 Å². The lowest BCUT2D eigenvalue weighted by Crippen LogP contribution is -2.41. The molecule has 6 nitrogen and oxygen atoms in total. The van der Waals surface area contributed by atoms with Crippen LogP contribution >= 0.6 is 11.6 Å². The van der Waals surface area contributed by atoms with E-state index >= 15 is 0 Å². The van der Waals surface area contributed by atoms with E-state index in [4.69, 9.17) is 16.3 Å². The van der Waals surface area contributed by atoms with E-state index in [1.807, 2.05) is 42.5 Å². The van der Waals surface area contributed by atoms with Crippen LogP contribution in [0.5, 0.6) is 0 Å². The topological polar surface area (TPSA) is 60.2 Å². The molecule has 0 saturated carbocycles. The molecule has 1 atom stereocenters. The Bertz CT molecular complexity index is 722. The highest BCUT2D eigenvalue weighted by atomic mass is 35.5. The van der Waals surface area contributed by atoms with Gasteiger partial charge in [0.15, 0.2) is 10.8 Å². The van der Waals surface area contributed by atoms with Crippen molar-refractivity contribution in [3.8, 4) is 0 Å². The van der Waals surface area contributed by atoms with Gasteiger partial charge in [0.1, 0.15) is 5.60 Å². The molecular weight excluding hydrogens is 316 g/mol. The van der Waals surface area contributed by atoms with Crippen molar-refractivity contribution < 1.29 is 9.53 Å². The lowest BCUT2D eigenvalue weighted by atomic mass is 10.2. The highest BCUT2D eigenvalue weighted by Crippen LogP contribution is 2.24. The minimum absolute atomic E-state index is 0.109. The molecule has 1 fully saturated rings. The number of carbonyl (C=O) groups is 1. The van der Waals surface area contributed by atoms with E-state index in [0.29, 0.717) is 11.7 Å². The number of nitrogens with zero attached hydrogens (tertiary/aromatic N) is 4. The molecule has 3 heterocycles. The van der Waals surface area contributed by atoms with Crippen LogP contribution < -0.4 is 0 Å². The zero-order chi connectivity index (χ0) is 16.6. The molecule has 2 aromatic heterocycles. The number of rotatable bonds is 2. The minimum atomic E-state index is -0.480. The van der Waals surface area contributed by atoms with Gasteiger partial charge in [-0.1, -0.05) is 11.6 Å². The van der Waals surface area contributed by atoms with Crippen LogP contribution in [0.4, 0.5) is 4.79 Å². The first-order valence-electron chi connectivity index (χ1n) is 7.81. The molecule has 0 N–H and O–H groups in total. The summed E-state index contributed by atoms with van der Waals surface area (Å²) in [6.07, 6.45) is 3.66. The van der Waals surface area contributed by atoms with E-state index in [1.165, 1.54) is 0 Å². The number of aromatic nitrogens is 3. The number of hydrogen-bond acceptors (Lipinski definition) is 4. The Balaban J connectivity index is 1.76. The molecule has 1 aliphatic heterocycles. The maximum absolute atomic E-state index is 12.4. The second-order valence-corrected chi connectivity index (χ2v) is 7.27. The highest BCUT2D eigenvalue weighted by Gasteiger charge is 2.32. The Labute approximate surface area is 140 Å². The molecular formula is C16H21ClN4O2. The Hall–Kier alpha value is -1.82. The van der Waals surface area contributed by atoms with Crippen molar-refractivity contribution in [2.24, 2.45) is 0 Å². The van der Waals surface area contributed by atoms with Crippen LogP contribution in [0.15, 0.2) is 18.3 Å². The average Bonchev–Trinajstić information content (AvgIpc) is 3.04. The number of likely N-dealkylation sites (tertiary alicyclic amines) is 1. The smallest absolute Gasteiger partial charge is 0.410 e. The molecule has 1 saturated heterocycles. The Morgan fingerprint density at radius 2 is 2.22 bits per heavy atom. The van der Waals surface area contributed by atoms with Gasteiger partial charge in [0.05, 0.1) is 6.04 Å². The van der Waals surface area contributed by atoms with Gasteiger partial charge >= 0.3 is 6.09 Å². The van der Waals surface area contributed by atoms with Gasteiger partial charge in [0.25, 0.3) is 0 Å². The van der Waals surface area contributed by atoms with Gasteiger partial charge in [-0.05, 0) is 45.7 Å². The van der Waals surface area contributed by atoms with Crippen LogP contribution in [-0.4, -0.2) is 43.9 Å². The predicted molar refractivity (Wildman–Crippen MR) is 88.5 cm³/mol. The lowest BCUT2D eigenvalue weighted by molar-refractivity contribution is 0.0215. The molecule has 7 heteroatoms. The third kappa shape index (κ3) is 3.58. The number of fused-ring (bicyclic) bond motifs is 1. The molecule has 0 radical (unpaired) electrons. The molecule has 0 aliphatic carbocycles. The Morgan fingerprint density at radius 3 is 2.96 bits per heavy atom. The van der Waals surface area contributed by atoms with Crippen molar-refractivity contribution in [2.75, 3.05) is 6.54 Å². The van der Waals surface area contributed by atoms with Gasteiger partial charge in [0.2, 0.25) is 0 Å². The third-order valence-corrected chi connectivity index (χ3v) is 4.08. The Kier molecular flexibility index (Phi) is 4.19. The summed E-state index contributed by atoms with van der Waals surface area (Å²) in [7, 11) is 0. The van der Waals surface area contributed by atoms with E-state index in [2.05, 4.69) is 10.2 Å². The first-order valence-corrected chi connectivity index (χ1v) is 8.19. The number of hydrogen-bond donors (Lipinski definition) is 0. The van der Waals surface area contributed by atoms with Crippen LogP contribution in [0.25, 0.3) is 11.0 Å². The monoisotopic (exact) mass is 336 g/mol. The molecule has 0 bridgehead atoms. The van der Waals surface area contributed by atoms with Gasteiger partial charge in [-0.15, -0.1) is 10.2 Å². The number of amides is 1. The van der Waals surface area contributed by atoms with Crippen molar-refractivity contribution in [1.82, 2.24) is 19.7 Å².